The average Bonchev–Trinajstić information content (AvgIpc) is 2.52. The molecule has 0 heterocycles. The van der Waals surface area contributed by atoms with E-state index in [1.807, 2.05) is 0 Å². The number of halogens is 1. The monoisotopic (exact) mass is 368 g/mol. The molecule has 0 aliphatic heterocycles. The third kappa shape index (κ3) is 8.04. The molecule has 0 fully saturated rings. The molecule has 0 unspecified atom stereocenters. The van der Waals surface area contributed by atoms with Gasteiger partial charge in [0.25, 0.3) is 0 Å². The summed E-state index contributed by atoms with van der Waals surface area (Å²) in [7, 11) is 0. The van der Waals surface area contributed by atoms with E-state index in [1.165, 1.54) is 13.8 Å². The van der Waals surface area contributed by atoms with Crippen LogP contribution in [0.3, 0.4) is 0 Å². The van der Waals surface area contributed by atoms with E-state index in [0.29, 0.717) is 34.5 Å². The van der Waals surface area contributed by atoms with Gasteiger partial charge in [-0.3, -0.25) is 9.59 Å². The number of nitrogens with two attached hydrogens (primary N) is 1. The summed E-state index contributed by atoms with van der Waals surface area (Å²) in [5, 5.41) is -0.935. The number of thiocarbonyl (C=S) groups is 1. The molecule has 2 N–H and O–H groups in total. The molecule has 0 bridgehead atoms. The molecule has 0 aliphatic rings. The lowest BCUT2D eigenvalue weighted by atomic mass is 10.2. The lowest BCUT2D eigenvalue weighted by Gasteiger charge is -2.11. The smallest absolute Gasteiger partial charge is 0.228 e. The Balaban J connectivity index is 0.000000561. The molecule has 5 nitrogen and oxygen atoms in total. The van der Waals surface area contributed by atoms with E-state index in [9.17, 15) is 9.59 Å². The number of ether oxygens (including phenoxy) is 1. The van der Waals surface area contributed by atoms with Gasteiger partial charge in [0, 0.05) is 0 Å². The van der Waals surface area contributed by atoms with Crippen LogP contribution in [-0.4, -0.2) is 28.5 Å². The van der Waals surface area contributed by atoms with Crippen LogP contribution in [0.5, 0.6) is 5.75 Å². The first-order valence-electron chi connectivity index (χ1n) is 7.19. The molecule has 0 aliphatic carbocycles. The molecule has 0 spiro atoms. The second-order valence-electron chi connectivity index (χ2n) is 5.45. The van der Waals surface area contributed by atoms with Crippen LogP contribution in [-0.2, 0) is 9.59 Å². The molecular formula is C17H21ClN2O3S. The predicted molar refractivity (Wildman–Crippen MR) is 99.9 cm³/mol. The number of carbonyl (C=O) groups is 2. The highest BCUT2D eigenvalue weighted by Crippen LogP contribution is 2.29. The Morgan fingerprint density at radius 1 is 1.33 bits per heavy atom. The van der Waals surface area contributed by atoms with E-state index in [4.69, 9.17) is 40.9 Å². The lowest BCUT2D eigenvalue weighted by Crippen LogP contribution is -2.18. The van der Waals surface area contributed by atoms with Crippen LogP contribution in [0.25, 0.3) is 4.85 Å². The molecule has 0 saturated heterocycles. The SMILES string of the molecule is CC(=O)C(Cl)C(C)=O.[C-]#[N+]c1cc(C(N)=S)ccc1OCC(C)C. The summed E-state index contributed by atoms with van der Waals surface area (Å²) in [6.45, 7) is 14.4. The van der Waals surface area contributed by atoms with Crippen LogP contribution in [0.15, 0.2) is 18.2 Å². The summed E-state index contributed by atoms with van der Waals surface area (Å²) in [6, 6.07) is 5.17. The Hall–Kier alpha value is -1.97. The zero-order chi connectivity index (χ0) is 18.9. The summed E-state index contributed by atoms with van der Waals surface area (Å²) >= 11 is 10.1. The standard InChI is InChI=1S/C12H14N2OS.C5H7ClO2/c1-8(2)7-15-11-5-4-9(12(13)16)6-10(11)14-3;1-3(7)5(6)4(2)8/h4-6,8H,7H2,1-2H3,(H2,13,16);5H,1-2H3. The van der Waals surface area contributed by atoms with E-state index in [2.05, 4.69) is 18.7 Å². The van der Waals surface area contributed by atoms with Crippen molar-refractivity contribution in [2.75, 3.05) is 6.61 Å². The molecule has 24 heavy (non-hydrogen) atoms. The number of benzene rings is 1. The van der Waals surface area contributed by atoms with Crippen molar-refractivity contribution in [1.82, 2.24) is 0 Å². The first-order valence-corrected chi connectivity index (χ1v) is 8.03. The Bertz CT molecular complexity index is 640. The van der Waals surface area contributed by atoms with Gasteiger partial charge in [-0.15, -0.1) is 11.6 Å². The zero-order valence-electron chi connectivity index (χ0n) is 14.1. The molecule has 130 valence electrons. The molecule has 0 saturated carbocycles. The molecule has 0 radical (unpaired) electrons. The van der Waals surface area contributed by atoms with Gasteiger partial charge >= 0.3 is 0 Å². The van der Waals surface area contributed by atoms with Gasteiger partial charge in [0.15, 0.2) is 11.6 Å². The molecule has 1 rings (SSSR count). The maximum absolute atomic E-state index is 10.2. The average molecular weight is 369 g/mol. The first-order chi connectivity index (χ1) is 11.1. The van der Waals surface area contributed by atoms with Crippen molar-refractivity contribution in [3.63, 3.8) is 0 Å². The Kier molecular flexibility index (Phi) is 9.86. The highest BCUT2D eigenvalue weighted by atomic mass is 35.5. The summed E-state index contributed by atoms with van der Waals surface area (Å²) < 4.78 is 5.53. The van der Waals surface area contributed by atoms with Gasteiger partial charge < -0.3 is 10.5 Å². The van der Waals surface area contributed by atoms with Gasteiger partial charge in [-0.1, -0.05) is 32.1 Å². The zero-order valence-corrected chi connectivity index (χ0v) is 15.7. The van der Waals surface area contributed by atoms with Crippen molar-refractivity contribution in [1.29, 1.82) is 0 Å². The molecule has 1 aromatic carbocycles. The minimum atomic E-state index is -0.935. The number of rotatable bonds is 6. The molecule has 0 aromatic heterocycles. The highest BCUT2D eigenvalue weighted by Gasteiger charge is 2.14. The van der Waals surface area contributed by atoms with Gasteiger partial charge in [0.05, 0.1) is 13.2 Å². The summed E-state index contributed by atoms with van der Waals surface area (Å²) in [5.41, 5.74) is 6.64. The van der Waals surface area contributed by atoms with E-state index < -0.39 is 5.38 Å². The molecule has 7 heteroatoms. The molecule has 0 atom stereocenters. The summed E-state index contributed by atoms with van der Waals surface area (Å²) in [4.78, 5) is 24.2. The normalized spacial score (nSPS) is 9.75. The predicted octanol–water partition coefficient (Wildman–Crippen LogP) is 3.68. The van der Waals surface area contributed by atoms with Crippen molar-refractivity contribution in [3.05, 3.63) is 35.2 Å². The van der Waals surface area contributed by atoms with Crippen LogP contribution in [0.1, 0.15) is 33.3 Å². The Morgan fingerprint density at radius 2 is 1.88 bits per heavy atom. The quantitative estimate of drug-likeness (QED) is 0.359. The number of hydrogen-bond donors (Lipinski definition) is 1. The van der Waals surface area contributed by atoms with Gasteiger partial charge in [0.2, 0.25) is 5.69 Å². The highest BCUT2D eigenvalue weighted by molar-refractivity contribution is 7.80. The van der Waals surface area contributed by atoms with Crippen molar-refractivity contribution < 1.29 is 14.3 Å². The van der Waals surface area contributed by atoms with E-state index in [0.717, 1.165) is 0 Å². The van der Waals surface area contributed by atoms with Crippen LogP contribution < -0.4 is 10.5 Å². The van der Waals surface area contributed by atoms with Gasteiger partial charge in [-0.05, 0) is 37.5 Å². The van der Waals surface area contributed by atoms with E-state index in [-0.39, 0.29) is 11.6 Å². The Labute approximate surface area is 152 Å². The fraction of sp³-hybridized carbons (Fsp3) is 0.412. The number of alkyl halides is 1. The Morgan fingerprint density at radius 3 is 2.21 bits per heavy atom. The number of nitrogens with zero attached hydrogens (tertiary/aromatic N) is 1. The van der Waals surface area contributed by atoms with Crippen molar-refractivity contribution in [2.45, 2.75) is 33.1 Å². The first kappa shape index (κ1) is 22.0. The fourth-order valence-electron chi connectivity index (χ4n) is 1.42. The van der Waals surface area contributed by atoms with Crippen molar-refractivity contribution in [3.8, 4) is 5.75 Å². The summed E-state index contributed by atoms with van der Waals surface area (Å²) in [5.74, 6) is 0.427. The van der Waals surface area contributed by atoms with Crippen molar-refractivity contribution >= 4 is 46.1 Å². The summed E-state index contributed by atoms with van der Waals surface area (Å²) in [6.07, 6.45) is 0. The van der Waals surface area contributed by atoms with Gasteiger partial charge in [-0.25, -0.2) is 4.85 Å². The van der Waals surface area contributed by atoms with Gasteiger partial charge in [0.1, 0.15) is 16.1 Å². The second-order valence-corrected chi connectivity index (χ2v) is 6.32. The van der Waals surface area contributed by atoms with Crippen LogP contribution in [0.2, 0.25) is 0 Å². The minimum Gasteiger partial charge on any atom is -0.504 e. The third-order valence-corrected chi connectivity index (χ3v) is 3.50. The van der Waals surface area contributed by atoms with Crippen LogP contribution in [0.4, 0.5) is 5.69 Å². The lowest BCUT2D eigenvalue weighted by molar-refractivity contribution is -0.124. The second kappa shape index (κ2) is 10.7. The van der Waals surface area contributed by atoms with Crippen LogP contribution in [0, 0.1) is 12.5 Å². The largest absolute Gasteiger partial charge is 0.504 e. The van der Waals surface area contributed by atoms with E-state index >= 15 is 0 Å². The number of hydrogen-bond acceptors (Lipinski definition) is 4. The van der Waals surface area contributed by atoms with Crippen LogP contribution >= 0.6 is 23.8 Å². The van der Waals surface area contributed by atoms with Crippen molar-refractivity contribution in [2.24, 2.45) is 11.7 Å². The number of ketones is 2. The fourth-order valence-corrected chi connectivity index (χ4v) is 1.55. The third-order valence-electron chi connectivity index (χ3n) is 2.65. The molecule has 0 amide bonds. The molecule has 1 aromatic rings. The topological polar surface area (TPSA) is 73.8 Å². The van der Waals surface area contributed by atoms with E-state index in [1.54, 1.807) is 18.2 Å². The number of carbonyl (C=O) groups excluding carboxylic acids is 2. The number of Topliss-reactive ketones (excluding diaryl/α,β-unsaturated/α-hetero) is 2. The minimum absolute atomic E-state index is 0.292. The van der Waals surface area contributed by atoms with Gasteiger partial charge in [-0.2, -0.15) is 0 Å². The molecular weight excluding hydrogens is 348 g/mol. The maximum atomic E-state index is 10.2. The maximum Gasteiger partial charge on any atom is 0.228 e.